The number of esters is 1. The van der Waals surface area contributed by atoms with Gasteiger partial charge >= 0.3 is 5.97 Å². The highest BCUT2D eigenvalue weighted by Crippen LogP contribution is 2.21. The Morgan fingerprint density at radius 2 is 2.25 bits per heavy atom. The molecule has 0 atom stereocenters. The van der Waals surface area contributed by atoms with Crippen molar-refractivity contribution in [3.05, 3.63) is 41.3 Å². The first-order valence-electron chi connectivity index (χ1n) is 6.33. The van der Waals surface area contributed by atoms with Crippen molar-refractivity contribution in [2.75, 3.05) is 17.7 Å². The molecule has 1 aromatic heterocycles. The van der Waals surface area contributed by atoms with E-state index in [1.165, 1.54) is 0 Å². The molecule has 0 aliphatic carbocycles. The van der Waals surface area contributed by atoms with Gasteiger partial charge in [-0.1, -0.05) is 5.16 Å². The zero-order chi connectivity index (χ0) is 14.5. The molecule has 1 aromatic carbocycles. The number of hydrogen-bond acceptors (Lipinski definition) is 6. The van der Waals surface area contributed by atoms with Gasteiger partial charge in [0, 0.05) is 17.4 Å². The molecule has 0 aliphatic heterocycles. The van der Waals surface area contributed by atoms with Crippen molar-refractivity contribution in [2.24, 2.45) is 0 Å². The van der Waals surface area contributed by atoms with Crippen LogP contribution in [0.4, 0.5) is 11.4 Å². The minimum Gasteiger partial charge on any atom is -0.462 e. The first-order chi connectivity index (χ1) is 9.60. The smallest absolute Gasteiger partial charge is 0.340 e. The highest BCUT2D eigenvalue weighted by molar-refractivity contribution is 5.96. The van der Waals surface area contributed by atoms with Crippen LogP contribution in [0.15, 0.2) is 28.8 Å². The number of nitrogens with two attached hydrogens (primary N) is 1. The number of nitrogens with one attached hydrogen (secondary N) is 1. The SMILES string of the molecule is CCOC(=O)c1cc(N)ccc1NCc1cc(C)no1. The molecule has 3 N–H and O–H groups in total. The van der Waals surface area contributed by atoms with Crippen LogP contribution < -0.4 is 11.1 Å². The summed E-state index contributed by atoms with van der Waals surface area (Å²) in [5.41, 5.74) is 8.08. The van der Waals surface area contributed by atoms with Crippen molar-refractivity contribution in [1.82, 2.24) is 5.16 Å². The van der Waals surface area contributed by atoms with Gasteiger partial charge in [-0.15, -0.1) is 0 Å². The third kappa shape index (κ3) is 3.28. The minimum atomic E-state index is -0.406. The Bertz CT molecular complexity index is 607. The minimum absolute atomic E-state index is 0.314. The molecule has 0 aliphatic rings. The average molecular weight is 275 g/mol. The molecule has 20 heavy (non-hydrogen) atoms. The van der Waals surface area contributed by atoms with E-state index < -0.39 is 5.97 Å². The predicted octanol–water partition coefficient (Wildman–Crippen LogP) is 2.35. The van der Waals surface area contributed by atoms with Gasteiger partial charge in [-0.05, 0) is 32.0 Å². The van der Waals surface area contributed by atoms with Crippen LogP contribution >= 0.6 is 0 Å². The van der Waals surface area contributed by atoms with E-state index in [2.05, 4.69) is 10.5 Å². The molecule has 0 amide bonds. The lowest BCUT2D eigenvalue weighted by molar-refractivity contribution is 0.0527. The summed E-state index contributed by atoms with van der Waals surface area (Å²) >= 11 is 0. The quantitative estimate of drug-likeness (QED) is 0.643. The largest absolute Gasteiger partial charge is 0.462 e. The molecule has 6 heteroatoms. The van der Waals surface area contributed by atoms with Gasteiger partial charge in [0.1, 0.15) is 0 Å². The van der Waals surface area contributed by atoms with Gasteiger partial charge in [-0.25, -0.2) is 4.79 Å². The molecule has 106 valence electrons. The van der Waals surface area contributed by atoms with Crippen molar-refractivity contribution in [1.29, 1.82) is 0 Å². The summed E-state index contributed by atoms with van der Waals surface area (Å²) in [6.45, 7) is 4.35. The molecular weight excluding hydrogens is 258 g/mol. The second-order valence-electron chi connectivity index (χ2n) is 4.31. The van der Waals surface area contributed by atoms with Crippen molar-refractivity contribution in [3.8, 4) is 0 Å². The number of ether oxygens (including phenoxy) is 1. The number of carbonyl (C=O) groups is 1. The van der Waals surface area contributed by atoms with E-state index in [0.29, 0.717) is 35.9 Å². The summed E-state index contributed by atoms with van der Waals surface area (Å²) in [6.07, 6.45) is 0. The van der Waals surface area contributed by atoms with Crippen molar-refractivity contribution >= 4 is 17.3 Å². The van der Waals surface area contributed by atoms with E-state index in [1.807, 2.05) is 13.0 Å². The van der Waals surface area contributed by atoms with E-state index in [9.17, 15) is 4.79 Å². The van der Waals surface area contributed by atoms with Gasteiger partial charge in [-0.2, -0.15) is 0 Å². The van der Waals surface area contributed by atoms with Crippen LogP contribution in [0.1, 0.15) is 28.7 Å². The molecule has 0 saturated heterocycles. The maximum Gasteiger partial charge on any atom is 0.340 e. The topological polar surface area (TPSA) is 90.4 Å². The lowest BCUT2D eigenvalue weighted by Crippen LogP contribution is -2.10. The standard InChI is InChI=1S/C14H17N3O3/c1-3-19-14(18)12-7-10(15)4-5-13(12)16-8-11-6-9(2)17-20-11/h4-7,16H,3,8,15H2,1-2H3. The zero-order valence-electron chi connectivity index (χ0n) is 11.5. The number of nitrogens with zero attached hydrogens (tertiary/aromatic N) is 1. The number of benzene rings is 1. The predicted molar refractivity (Wildman–Crippen MR) is 75.4 cm³/mol. The third-order valence-corrected chi connectivity index (χ3v) is 2.67. The molecular formula is C14H17N3O3. The van der Waals surface area contributed by atoms with Crippen LogP contribution in [0.5, 0.6) is 0 Å². The monoisotopic (exact) mass is 275 g/mol. The van der Waals surface area contributed by atoms with Crippen LogP contribution in [0.2, 0.25) is 0 Å². The fourth-order valence-electron chi connectivity index (χ4n) is 1.78. The number of aryl methyl sites for hydroxylation is 1. The Labute approximate surface area is 116 Å². The second-order valence-corrected chi connectivity index (χ2v) is 4.31. The lowest BCUT2D eigenvalue weighted by atomic mass is 10.1. The van der Waals surface area contributed by atoms with Crippen LogP contribution in [0.25, 0.3) is 0 Å². The van der Waals surface area contributed by atoms with Gasteiger partial charge in [0.05, 0.1) is 24.4 Å². The Kier molecular flexibility index (Phi) is 4.24. The van der Waals surface area contributed by atoms with Crippen molar-refractivity contribution in [3.63, 3.8) is 0 Å². The average Bonchev–Trinajstić information content (AvgIpc) is 2.83. The number of carbonyl (C=O) groups excluding carboxylic acids is 1. The van der Waals surface area contributed by atoms with E-state index in [4.69, 9.17) is 15.0 Å². The molecule has 0 unspecified atom stereocenters. The highest BCUT2D eigenvalue weighted by Gasteiger charge is 2.13. The molecule has 6 nitrogen and oxygen atoms in total. The molecule has 2 rings (SSSR count). The number of hydrogen-bond donors (Lipinski definition) is 2. The van der Waals surface area contributed by atoms with Crippen LogP contribution in [0.3, 0.4) is 0 Å². The number of aromatic nitrogens is 1. The third-order valence-electron chi connectivity index (χ3n) is 2.67. The van der Waals surface area contributed by atoms with E-state index in [-0.39, 0.29) is 0 Å². The normalized spacial score (nSPS) is 10.3. The number of nitrogen functional groups attached to an aromatic ring is 1. The van der Waals surface area contributed by atoms with Crippen LogP contribution in [-0.4, -0.2) is 17.7 Å². The number of anilines is 2. The van der Waals surface area contributed by atoms with E-state index in [1.54, 1.807) is 25.1 Å². The zero-order valence-corrected chi connectivity index (χ0v) is 11.5. The molecule has 1 heterocycles. The van der Waals surface area contributed by atoms with E-state index >= 15 is 0 Å². The molecule has 0 spiro atoms. The summed E-state index contributed by atoms with van der Waals surface area (Å²) < 4.78 is 10.1. The molecule has 0 fully saturated rings. The van der Waals surface area contributed by atoms with Gasteiger partial charge in [0.25, 0.3) is 0 Å². The van der Waals surface area contributed by atoms with Crippen molar-refractivity contribution in [2.45, 2.75) is 20.4 Å². The Morgan fingerprint density at radius 3 is 2.90 bits per heavy atom. The van der Waals surface area contributed by atoms with Crippen molar-refractivity contribution < 1.29 is 14.1 Å². The summed E-state index contributed by atoms with van der Waals surface area (Å²) in [4.78, 5) is 11.9. The first kappa shape index (κ1) is 13.9. The fourth-order valence-corrected chi connectivity index (χ4v) is 1.78. The van der Waals surface area contributed by atoms with Crippen LogP contribution in [0, 0.1) is 6.92 Å². The second kappa shape index (κ2) is 6.10. The van der Waals surface area contributed by atoms with E-state index in [0.717, 1.165) is 5.69 Å². The Hall–Kier alpha value is -2.50. The first-order valence-corrected chi connectivity index (χ1v) is 6.33. The maximum absolute atomic E-state index is 11.9. The highest BCUT2D eigenvalue weighted by atomic mass is 16.5. The summed E-state index contributed by atoms with van der Waals surface area (Å²) in [6, 6.07) is 6.88. The molecule has 2 aromatic rings. The number of rotatable bonds is 5. The van der Waals surface area contributed by atoms with Gasteiger partial charge in [-0.3, -0.25) is 0 Å². The molecule has 0 radical (unpaired) electrons. The van der Waals surface area contributed by atoms with Gasteiger partial charge < -0.3 is 20.3 Å². The molecule has 0 bridgehead atoms. The summed E-state index contributed by atoms with van der Waals surface area (Å²) in [7, 11) is 0. The molecule has 0 saturated carbocycles. The Balaban J connectivity index is 2.16. The fraction of sp³-hybridized carbons (Fsp3) is 0.286. The van der Waals surface area contributed by atoms with Gasteiger partial charge in [0.15, 0.2) is 5.76 Å². The Morgan fingerprint density at radius 1 is 1.45 bits per heavy atom. The lowest BCUT2D eigenvalue weighted by Gasteiger charge is -2.11. The van der Waals surface area contributed by atoms with Gasteiger partial charge in [0.2, 0.25) is 0 Å². The van der Waals surface area contributed by atoms with Crippen LogP contribution in [-0.2, 0) is 11.3 Å². The summed E-state index contributed by atoms with van der Waals surface area (Å²) in [5, 5.41) is 6.92. The summed E-state index contributed by atoms with van der Waals surface area (Å²) in [5.74, 6) is 0.283. The maximum atomic E-state index is 11.9.